The molecule has 1 N–H and O–H groups in total. The highest BCUT2D eigenvalue weighted by atomic mass is 16.5. The Labute approximate surface area is 145 Å². The van der Waals surface area contributed by atoms with E-state index in [1.807, 2.05) is 42.5 Å². The van der Waals surface area contributed by atoms with Gasteiger partial charge in [0.15, 0.2) is 0 Å². The first kappa shape index (κ1) is 16.9. The minimum atomic E-state index is -0.844. The fourth-order valence-corrected chi connectivity index (χ4v) is 2.66. The summed E-state index contributed by atoms with van der Waals surface area (Å²) in [5, 5.41) is 15.7. The molecular weight excluding hydrogens is 316 g/mol. The van der Waals surface area contributed by atoms with Crippen LogP contribution in [-0.4, -0.2) is 27.6 Å². The monoisotopic (exact) mass is 336 g/mol. The van der Waals surface area contributed by atoms with E-state index >= 15 is 0 Å². The number of aliphatic hydroxyl groups is 1. The summed E-state index contributed by atoms with van der Waals surface area (Å²) in [6.45, 7) is 3.89. The van der Waals surface area contributed by atoms with Gasteiger partial charge in [0.05, 0.1) is 18.1 Å². The molecule has 0 aliphatic rings. The fourth-order valence-electron chi connectivity index (χ4n) is 2.66. The van der Waals surface area contributed by atoms with Crippen molar-refractivity contribution in [3.05, 3.63) is 83.3 Å². The summed E-state index contributed by atoms with van der Waals surface area (Å²) in [6.07, 6.45) is 3.28. The van der Waals surface area contributed by atoms with Crippen LogP contribution in [0.4, 0.5) is 0 Å². The van der Waals surface area contributed by atoms with Gasteiger partial charge < -0.3 is 9.84 Å². The van der Waals surface area contributed by atoms with Gasteiger partial charge in [-0.3, -0.25) is 4.79 Å². The van der Waals surface area contributed by atoms with Crippen LogP contribution in [0.3, 0.4) is 0 Å². The molecule has 0 unspecified atom stereocenters. The van der Waals surface area contributed by atoms with Crippen LogP contribution >= 0.6 is 0 Å². The molecule has 3 aromatic rings. The lowest BCUT2D eigenvalue weighted by molar-refractivity contribution is 0.0877. The number of rotatable bonds is 7. The second kappa shape index (κ2) is 7.77. The molecule has 0 aliphatic heterocycles. The highest BCUT2D eigenvalue weighted by Crippen LogP contribution is 2.19. The summed E-state index contributed by atoms with van der Waals surface area (Å²) in [5.41, 5.74) is 0.787. The van der Waals surface area contributed by atoms with Crippen molar-refractivity contribution in [2.75, 3.05) is 6.61 Å². The molecule has 0 fully saturated rings. The Hall–Kier alpha value is -2.92. The molecule has 0 radical (unpaired) electrons. The summed E-state index contributed by atoms with van der Waals surface area (Å²) in [4.78, 5) is 12.4. The van der Waals surface area contributed by atoms with E-state index in [4.69, 9.17) is 4.74 Å². The molecule has 0 spiro atoms. The van der Waals surface area contributed by atoms with Crippen molar-refractivity contribution >= 4 is 10.8 Å². The van der Waals surface area contributed by atoms with Crippen LogP contribution in [0.5, 0.6) is 5.75 Å². The zero-order valence-electron chi connectivity index (χ0n) is 13.8. The fraction of sp³-hybridized carbons (Fsp3) is 0.200. The normalized spacial score (nSPS) is 12.0. The number of ether oxygens (including phenoxy) is 1. The summed E-state index contributed by atoms with van der Waals surface area (Å²) in [6, 6.07) is 14.9. The van der Waals surface area contributed by atoms with Crippen LogP contribution in [0.25, 0.3) is 10.8 Å². The van der Waals surface area contributed by atoms with Crippen molar-refractivity contribution in [2.45, 2.75) is 19.1 Å². The number of aromatic nitrogens is 2. The van der Waals surface area contributed by atoms with E-state index in [2.05, 4.69) is 11.7 Å². The van der Waals surface area contributed by atoms with Crippen LogP contribution < -0.4 is 10.3 Å². The molecule has 0 amide bonds. The Balaban J connectivity index is 1.69. The van der Waals surface area contributed by atoms with E-state index < -0.39 is 6.10 Å². The molecule has 1 aromatic heterocycles. The third-order valence-electron chi connectivity index (χ3n) is 3.91. The second-order valence-corrected chi connectivity index (χ2v) is 5.78. The van der Waals surface area contributed by atoms with Crippen molar-refractivity contribution in [3.8, 4) is 5.75 Å². The Morgan fingerprint density at radius 1 is 1.20 bits per heavy atom. The van der Waals surface area contributed by atoms with Gasteiger partial charge in [-0.25, -0.2) is 4.68 Å². The van der Waals surface area contributed by atoms with Gasteiger partial charge in [-0.1, -0.05) is 42.5 Å². The number of fused-ring (bicyclic) bond motifs is 1. The first-order valence-electron chi connectivity index (χ1n) is 8.13. The van der Waals surface area contributed by atoms with E-state index in [9.17, 15) is 9.90 Å². The van der Waals surface area contributed by atoms with Crippen LogP contribution in [0, 0.1) is 0 Å². The molecule has 0 aliphatic carbocycles. The molecule has 0 saturated heterocycles. The summed E-state index contributed by atoms with van der Waals surface area (Å²) in [5.74, 6) is 0.709. The Bertz CT molecular complexity index is 933. The number of benzene rings is 2. The maximum Gasteiger partial charge on any atom is 0.274 e. The van der Waals surface area contributed by atoms with Gasteiger partial charge in [-0.05, 0) is 24.1 Å². The smallest absolute Gasteiger partial charge is 0.274 e. The van der Waals surface area contributed by atoms with Crippen LogP contribution in [0.1, 0.15) is 5.56 Å². The molecule has 0 saturated carbocycles. The van der Waals surface area contributed by atoms with Gasteiger partial charge in [0.1, 0.15) is 18.5 Å². The Morgan fingerprint density at radius 2 is 1.96 bits per heavy atom. The minimum Gasteiger partial charge on any atom is -0.491 e. The Kier molecular flexibility index (Phi) is 5.26. The highest BCUT2D eigenvalue weighted by molar-refractivity contribution is 5.80. The average Bonchev–Trinajstić information content (AvgIpc) is 2.64. The topological polar surface area (TPSA) is 64.3 Å². The highest BCUT2D eigenvalue weighted by Gasteiger charge is 2.11. The largest absolute Gasteiger partial charge is 0.491 e. The van der Waals surface area contributed by atoms with Crippen molar-refractivity contribution < 1.29 is 9.84 Å². The molecule has 2 aromatic carbocycles. The SMILES string of the molecule is C=CCc1ccccc1OC[C@@H](O)Cn1ncc2ccccc2c1=O. The standard InChI is InChI=1S/C20H20N2O3/c1-2-7-15-8-4-6-11-19(15)25-14-17(23)13-22-20(24)18-10-5-3-9-16(18)12-21-22/h2-6,8-12,17,23H,1,7,13-14H2/t17-/m0/s1. The number of hydrogen-bond acceptors (Lipinski definition) is 4. The van der Waals surface area contributed by atoms with E-state index in [-0.39, 0.29) is 18.7 Å². The maximum absolute atomic E-state index is 12.4. The van der Waals surface area contributed by atoms with Crippen LogP contribution in [-0.2, 0) is 13.0 Å². The molecule has 0 bridgehead atoms. The maximum atomic E-state index is 12.4. The van der Waals surface area contributed by atoms with Crippen LogP contribution in [0.2, 0.25) is 0 Å². The molecule has 5 heteroatoms. The predicted octanol–water partition coefficient (Wildman–Crippen LogP) is 2.56. The Morgan fingerprint density at radius 3 is 2.80 bits per heavy atom. The number of para-hydroxylation sites is 1. The van der Waals surface area contributed by atoms with Crippen molar-refractivity contribution in [1.82, 2.24) is 9.78 Å². The van der Waals surface area contributed by atoms with E-state index in [0.717, 1.165) is 10.9 Å². The molecule has 5 nitrogen and oxygen atoms in total. The molecule has 25 heavy (non-hydrogen) atoms. The quantitative estimate of drug-likeness (QED) is 0.674. The molecular formula is C20H20N2O3. The van der Waals surface area contributed by atoms with Gasteiger partial charge in [-0.15, -0.1) is 6.58 Å². The lowest BCUT2D eigenvalue weighted by Gasteiger charge is -2.15. The summed E-state index contributed by atoms with van der Waals surface area (Å²) in [7, 11) is 0. The lowest BCUT2D eigenvalue weighted by atomic mass is 10.1. The zero-order chi connectivity index (χ0) is 17.6. The van der Waals surface area contributed by atoms with E-state index in [1.165, 1.54) is 4.68 Å². The number of nitrogens with zero attached hydrogens (tertiary/aromatic N) is 2. The molecule has 3 rings (SSSR count). The second-order valence-electron chi connectivity index (χ2n) is 5.78. The number of aliphatic hydroxyl groups excluding tert-OH is 1. The zero-order valence-corrected chi connectivity index (χ0v) is 13.8. The summed E-state index contributed by atoms with van der Waals surface area (Å²) < 4.78 is 6.98. The van der Waals surface area contributed by atoms with Gasteiger partial charge >= 0.3 is 0 Å². The lowest BCUT2D eigenvalue weighted by Crippen LogP contribution is -2.31. The minimum absolute atomic E-state index is 0.0767. The molecule has 128 valence electrons. The molecule has 1 heterocycles. The molecule has 1 atom stereocenters. The third-order valence-corrected chi connectivity index (χ3v) is 3.91. The third kappa shape index (κ3) is 3.95. The predicted molar refractivity (Wildman–Crippen MR) is 97.8 cm³/mol. The van der Waals surface area contributed by atoms with Crippen LogP contribution in [0.15, 0.2) is 72.2 Å². The first-order chi connectivity index (χ1) is 12.2. The summed E-state index contributed by atoms with van der Waals surface area (Å²) >= 11 is 0. The van der Waals surface area contributed by atoms with E-state index in [0.29, 0.717) is 17.6 Å². The van der Waals surface area contributed by atoms with Gasteiger partial charge in [0.2, 0.25) is 0 Å². The van der Waals surface area contributed by atoms with Crippen molar-refractivity contribution in [1.29, 1.82) is 0 Å². The van der Waals surface area contributed by atoms with Gasteiger partial charge in [0.25, 0.3) is 5.56 Å². The first-order valence-corrected chi connectivity index (χ1v) is 8.13. The van der Waals surface area contributed by atoms with Gasteiger partial charge in [0, 0.05) is 5.39 Å². The van der Waals surface area contributed by atoms with Crippen molar-refractivity contribution in [3.63, 3.8) is 0 Å². The number of hydrogen-bond donors (Lipinski definition) is 1. The van der Waals surface area contributed by atoms with E-state index in [1.54, 1.807) is 18.3 Å². The van der Waals surface area contributed by atoms with Crippen molar-refractivity contribution in [2.24, 2.45) is 0 Å². The number of allylic oxidation sites excluding steroid dienone is 1. The van der Waals surface area contributed by atoms with Gasteiger partial charge in [-0.2, -0.15) is 5.10 Å². The average molecular weight is 336 g/mol.